The van der Waals surface area contributed by atoms with Crippen LogP contribution in [0.15, 0.2) is 18.2 Å². The molecule has 3 rings (SSSR count). The van der Waals surface area contributed by atoms with Gasteiger partial charge in [0.2, 0.25) is 11.9 Å². The zero-order chi connectivity index (χ0) is 14.8. The SMILES string of the molecule is CNc1nc(-c2ccc(Cl)cc2F)nc(N2CCCC2)n1. The monoisotopic (exact) mass is 307 g/mol. The van der Waals surface area contributed by atoms with Gasteiger partial charge in [0.1, 0.15) is 5.82 Å². The number of aromatic nitrogens is 3. The van der Waals surface area contributed by atoms with Gasteiger partial charge in [0, 0.05) is 25.2 Å². The smallest absolute Gasteiger partial charge is 0.230 e. The minimum Gasteiger partial charge on any atom is -0.357 e. The summed E-state index contributed by atoms with van der Waals surface area (Å²) in [5.74, 6) is 0.876. The molecule has 0 spiro atoms. The predicted octanol–water partition coefficient (Wildman–Crippen LogP) is 2.97. The molecule has 7 heteroatoms. The maximum Gasteiger partial charge on any atom is 0.230 e. The molecule has 110 valence electrons. The highest BCUT2D eigenvalue weighted by atomic mass is 35.5. The zero-order valence-corrected chi connectivity index (χ0v) is 12.4. The van der Waals surface area contributed by atoms with E-state index in [1.807, 2.05) is 0 Å². The number of anilines is 2. The molecule has 1 N–H and O–H groups in total. The number of nitrogens with zero attached hydrogens (tertiary/aromatic N) is 4. The molecule has 21 heavy (non-hydrogen) atoms. The Bertz CT molecular complexity index is 658. The first-order valence-corrected chi connectivity index (χ1v) is 7.19. The summed E-state index contributed by atoms with van der Waals surface area (Å²) in [6.45, 7) is 1.82. The fraction of sp³-hybridized carbons (Fsp3) is 0.357. The van der Waals surface area contributed by atoms with Crippen LogP contribution < -0.4 is 10.2 Å². The van der Waals surface area contributed by atoms with Gasteiger partial charge in [-0.3, -0.25) is 0 Å². The highest BCUT2D eigenvalue weighted by molar-refractivity contribution is 6.30. The van der Waals surface area contributed by atoms with Crippen LogP contribution in [0.5, 0.6) is 0 Å². The van der Waals surface area contributed by atoms with E-state index in [0.29, 0.717) is 28.3 Å². The predicted molar refractivity (Wildman–Crippen MR) is 81.2 cm³/mol. The quantitative estimate of drug-likeness (QED) is 0.945. The molecule has 0 unspecified atom stereocenters. The van der Waals surface area contributed by atoms with Crippen molar-refractivity contribution in [3.05, 3.63) is 29.0 Å². The maximum absolute atomic E-state index is 14.1. The number of hydrogen-bond acceptors (Lipinski definition) is 5. The summed E-state index contributed by atoms with van der Waals surface area (Å²) in [6, 6.07) is 4.47. The van der Waals surface area contributed by atoms with E-state index in [0.717, 1.165) is 25.9 Å². The third kappa shape index (κ3) is 2.90. The zero-order valence-electron chi connectivity index (χ0n) is 11.6. The molecule has 1 aliphatic heterocycles. The second kappa shape index (κ2) is 5.81. The van der Waals surface area contributed by atoms with Gasteiger partial charge in [0.25, 0.3) is 0 Å². The van der Waals surface area contributed by atoms with Gasteiger partial charge >= 0.3 is 0 Å². The minimum atomic E-state index is -0.442. The number of nitrogens with one attached hydrogen (secondary N) is 1. The Kier molecular flexibility index (Phi) is 3.88. The van der Waals surface area contributed by atoms with Gasteiger partial charge in [-0.25, -0.2) is 4.39 Å². The van der Waals surface area contributed by atoms with Crippen LogP contribution in [-0.4, -0.2) is 35.1 Å². The molecule has 0 bridgehead atoms. The highest BCUT2D eigenvalue weighted by Gasteiger charge is 2.19. The highest BCUT2D eigenvalue weighted by Crippen LogP contribution is 2.25. The Morgan fingerprint density at radius 2 is 1.95 bits per heavy atom. The number of rotatable bonds is 3. The van der Waals surface area contributed by atoms with Crippen molar-refractivity contribution in [2.75, 3.05) is 30.4 Å². The first kappa shape index (κ1) is 14.0. The molecule has 1 aliphatic rings. The lowest BCUT2D eigenvalue weighted by molar-refractivity contribution is 0.630. The van der Waals surface area contributed by atoms with Crippen molar-refractivity contribution < 1.29 is 4.39 Å². The minimum absolute atomic E-state index is 0.311. The Morgan fingerprint density at radius 3 is 2.62 bits per heavy atom. The van der Waals surface area contributed by atoms with Crippen molar-refractivity contribution in [3.8, 4) is 11.4 Å². The van der Waals surface area contributed by atoms with Gasteiger partial charge in [-0.2, -0.15) is 15.0 Å². The summed E-state index contributed by atoms with van der Waals surface area (Å²) >= 11 is 5.78. The molecule has 1 aromatic heterocycles. The van der Waals surface area contributed by atoms with Crippen LogP contribution >= 0.6 is 11.6 Å². The van der Waals surface area contributed by atoms with E-state index >= 15 is 0 Å². The lowest BCUT2D eigenvalue weighted by Crippen LogP contribution is -2.21. The van der Waals surface area contributed by atoms with Crippen LogP contribution in [0.2, 0.25) is 5.02 Å². The Morgan fingerprint density at radius 1 is 1.19 bits per heavy atom. The van der Waals surface area contributed by atoms with Crippen molar-refractivity contribution in [3.63, 3.8) is 0 Å². The third-order valence-corrected chi connectivity index (χ3v) is 3.64. The Balaban J connectivity index is 2.06. The fourth-order valence-electron chi connectivity index (χ4n) is 2.33. The van der Waals surface area contributed by atoms with Gasteiger partial charge in [0.15, 0.2) is 5.82 Å². The first-order valence-electron chi connectivity index (χ1n) is 6.81. The van der Waals surface area contributed by atoms with Crippen molar-refractivity contribution in [1.82, 2.24) is 15.0 Å². The van der Waals surface area contributed by atoms with Crippen LogP contribution in [-0.2, 0) is 0 Å². The standard InChI is InChI=1S/C14H15ClFN5/c1-17-13-18-12(10-5-4-9(15)8-11(10)16)19-14(20-13)21-6-2-3-7-21/h4-5,8H,2-3,6-7H2,1H3,(H,17,18,19,20). The topological polar surface area (TPSA) is 53.9 Å². The molecule has 2 aromatic rings. The van der Waals surface area contributed by atoms with Crippen LogP contribution in [0.25, 0.3) is 11.4 Å². The molecule has 5 nitrogen and oxygen atoms in total. The molecule has 1 fully saturated rings. The normalized spacial score (nSPS) is 14.5. The second-order valence-corrected chi connectivity index (χ2v) is 5.29. The molecule has 1 saturated heterocycles. The van der Waals surface area contributed by atoms with E-state index in [2.05, 4.69) is 25.2 Å². The molecular formula is C14H15ClFN5. The molecular weight excluding hydrogens is 293 g/mol. The van der Waals surface area contributed by atoms with E-state index in [1.165, 1.54) is 6.07 Å². The average Bonchev–Trinajstić information content (AvgIpc) is 3.01. The molecule has 1 aromatic carbocycles. The summed E-state index contributed by atoms with van der Waals surface area (Å²) in [4.78, 5) is 15.1. The molecule has 0 radical (unpaired) electrons. The Hall–Kier alpha value is -1.95. The van der Waals surface area contributed by atoms with Gasteiger partial charge in [-0.1, -0.05) is 11.6 Å². The summed E-state index contributed by atoms with van der Waals surface area (Å²) in [5, 5.41) is 3.24. The molecule has 0 amide bonds. The van der Waals surface area contributed by atoms with Gasteiger partial charge < -0.3 is 10.2 Å². The van der Waals surface area contributed by atoms with Crippen LogP contribution in [0.3, 0.4) is 0 Å². The van der Waals surface area contributed by atoms with Crippen molar-refractivity contribution in [2.45, 2.75) is 12.8 Å². The lowest BCUT2D eigenvalue weighted by Gasteiger charge is -2.16. The summed E-state index contributed by atoms with van der Waals surface area (Å²) in [6.07, 6.45) is 2.23. The van der Waals surface area contributed by atoms with Crippen molar-refractivity contribution in [2.24, 2.45) is 0 Å². The largest absolute Gasteiger partial charge is 0.357 e. The number of hydrogen-bond donors (Lipinski definition) is 1. The molecule has 0 atom stereocenters. The first-order chi connectivity index (χ1) is 10.2. The van der Waals surface area contributed by atoms with E-state index < -0.39 is 5.82 Å². The number of benzene rings is 1. The maximum atomic E-state index is 14.1. The van der Waals surface area contributed by atoms with Crippen molar-refractivity contribution >= 4 is 23.5 Å². The van der Waals surface area contributed by atoms with Crippen molar-refractivity contribution in [1.29, 1.82) is 0 Å². The number of halogens is 2. The van der Waals surface area contributed by atoms with Gasteiger partial charge in [-0.05, 0) is 31.0 Å². The van der Waals surface area contributed by atoms with E-state index in [4.69, 9.17) is 11.6 Å². The van der Waals surface area contributed by atoms with E-state index in [-0.39, 0.29) is 0 Å². The molecule has 0 saturated carbocycles. The van der Waals surface area contributed by atoms with Gasteiger partial charge in [-0.15, -0.1) is 0 Å². The molecule has 2 heterocycles. The summed E-state index contributed by atoms with van der Waals surface area (Å²) < 4.78 is 14.1. The van der Waals surface area contributed by atoms with E-state index in [1.54, 1.807) is 19.2 Å². The summed E-state index contributed by atoms with van der Waals surface area (Å²) in [5.41, 5.74) is 0.318. The second-order valence-electron chi connectivity index (χ2n) is 4.85. The fourth-order valence-corrected chi connectivity index (χ4v) is 2.49. The summed E-state index contributed by atoms with van der Waals surface area (Å²) in [7, 11) is 1.73. The lowest BCUT2D eigenvalue weighted by atomic mass is 10.2. The van der Waals surface area contributed by atoms with Gasteiger partial charge in [0.05, 0.1) is 5.56 Å². The average molecular weight is 308 g/mol. The Labute approximate surface area is 127 Å². The van der Waals surface area contributed by atoms with Crippen LogP contribution in [0.4, 0.5) is 16.3 Å². The van der Waals surface area contributed by atoms with Crippen LogP contribution in [0, 0.1) is 5.82 Å². The van der Waals surface area contributed by atoms with E-state index in [9.17, 15) is 4.39 Å². The van der Waals surface area contributed by atoms with Crippen LogP contribution in [0.1, 0.15) is 12.8 Å². The third-order valence-electron chi connectivity index (χ3n) is 3.41. The molecule has 0 aliphatic carbocycles.